The van der Waals surface area contributed by atoms with Gasteiger partial charge in [0, 0.05) is 6.42 Å². The van der Waals surface area contributed by atoms with Gasteiger partial charge in [0.25, 0.3) is 0 Å². The molecule has 2 atom stereocenters. The number of carbonyl (C=O) groups is 1. The van der Waals surface area contributed by atoms with Gasteiger partial charge < -0.3 is 15.5 Å². The Balaban J connectivity index is 3.56. The molecule has 0 heterocycles. The fourth-order valence-electron chi connectivity index (χ4n) is 8.80. The van der Waals surface area contributed by atoms with E-state index in [9.17, 15) is 15.0 Å². The minimum atomic E-state index is -0.869. The lowest BCUT2D eigenvalue weighted by molar-refractivity contribution is -0.123. The first-order chi connectivity index (χ1) is 35.7. The van der Waals surface area contributed by atoms with E-state index in [4.69, 9.17) is 0 Å². The Morgan fingerprint density at radius 3 is 0.972 bits per heavy atom. The van der Waals surface area contributed by atoms with Gasteiger partial charge in [0.15, 0.2) is 0 Å². The fraction of sp³-hybridized carbons (Fsp3) is 0.691. The highest BCUT2D eigenvalue weighted by Gasteiger charge is 2.18. The van der Waals surface area contributed by atoms with E-state index in [-0.39, 0.29) is 12.5 Å². The lowest BCUT2D eigenvalue weighted by Gasteiger charge is -2.19. The van der Waals surface area contributed by atoms with E-state index in [1.165, 1.54) is 180 Å². The quantitative estimate of drug-likeness (QED) is 0.0420. The second-order valence-electron chi connectivity index (χ2n) is 20.4. The van der Waals surface area contributed by atoms with Crippen LogP contribution >= 0.6 is 0 Å². The number of allylic oxidation sites excluding steroid dienone is 19. The van der Waals surface area contributed by atoms with Gasteiger partial charge in [-0.2, -0.15) is 0 Å². The van der Waals surface area contributed by atoms with Crippen LogP contribution in [0.5, 0.6) is 0 Å². The molecular formula is C68H117NO3. The summed E-state index contributed by atoms with van der Waals surface area (Å²) in [6.07, 6.45) is 95.2. The summed E-state index contributed by atoms with van der Waals surface area (Å²) in [6, 6.07) is -0.647. The van der Waals surface area contributed by atoms with Crippen molar-refractivity contribution in [1.82, 2.24) is 5.32 Å². The van der Waals surface area contributed by atoms with Crippen molar-refractivity contribution in [3.05, 3.63) is 122 Å². The van der Waals surface area contributed by atoms with E-state index >= 15 is 0 Å². The molecule has 0 aromatic carbocycles. The molecule has 0 aliphatic heterocycles. The molecule has 0 fully saturated rings. The maximum atomic E-state index is 12.5. The molecule has 0 bridgehead atoms. The maximum Gasteiger partial charge on any atom is 0.220 e. The molecule has 0 saturated carbocycles. The van der Waals surface area contributed by atoms with Gasteiger partial charge in [0.2, 0.25) is 5.91 Å². The lowest BCUT2D eigenvalue weighted by atomic mass is 10.0. The molecule has 412 valence electrons. The number of aliphatic hydroxyl groups is 2. The number of aliphatic hydroxyl groups excluding tert-OH is 2. The zero-order chi connectivity index (χ0) is 52.0. The van der Waals surface area contributed by atoms with Gasteiger partial charge in [-0.1, -0.05) is 302 Å². The largest absolute Gasteiger partial charge is 0.394 e. The molecule has 1 amide bonds. The van der Waals surface area contributed by atoms with Crippen LogP contribution in [0.2, 0.25) is 0 Å². The Morgan fingerprint density at radius 2 is 0.625 bits per heavy atom. The predicted octanol–water partition coefficient (Wildman–Crippen LogP) is 20.8. The van der Waals surface area contributed by atoms with Gasteiger partial charge >= 0.3 is 0 Å². The molecule has 4 heteroatoms. The highest BCUT2D eigenvalue weighted by Crippen LogP contribution is 2.16. The summed E-state index contributed by atoms with van der Waals surface area (Å²) in [5.74, 6) is -0.0765. The monoisotopic (exact) mass is 996 g/mol. The first-order valence-corrected chi connectivity index (χ1v) is 30.7. The zero-order valence-electron chi connectivity index (χ0n) is 47.4. The molecule has 0 saturated heterocycles. The highest BCUT2D eigenvalue weighted by atomic mass is 16.3. The van der Waals surface area contributed by atoms with Crippen molar-refractivity contribution in [3.63, 3.8) is 0 Å². The summed E-state index contributed by atoms with van der Waals surface area (Å²) in [5.41, 5.74) is 0. The Kier molecular flexibility index (Phi) is 59.3. The molecule has 0 aromatic rings. The average Bonchev–Trinajstić information content (AvgIpc) is 3.39. The molecule has 0 rings (SSSR count). The maximum absolute atomic E-state index is 12.5. The van der Waals surface area contributed by atoms with Crippen molar-refractivity contribution < 1.29 is 15.0 Å². The normalized spacial score (nSPS) is 13.7. The number of rotatable bonds is 55. The molecular weight excluding hydrogens is 879 g/mol. The Labute approximate surface area is 448 Å². The minimum absolute atomic E-state index is 0.0765. The van der Waals surface area contributed by atoms with Crippen molar-refractivity contribution in [2.24, 2.45) is 0 Å². The number of unbranched alkanes of at least 4 members (excludes halogenated alkanes) is 30. The van der Waals surface area contributed by atoms with Crippen molar-refractivity contribution in [1.29, 1.82) is 0 Å². The van der Waals surface area contributed by atoms with Crippen LogP contribution in [-0.4, -0.2) is 34.9 Å². The van der Waals surface area contributed by atoms with Crippen LogP contribution in [0.3, 0.4) is 0 Å². The van der Waals surface area contributed by atoms with Crippen LogP contribution in [-0.2, 0) is 4.79 Å². The third-order valence-corrected chi connectivity index (χ3v) is 13.4. The summed E-state index contributed by atoms with van der Waals surface area (Å²) >= 11 is 0. The lowest BCUT2D eigenvalue weighted by Crippen LogP contribution is -2.45. The molecule has 0 aliphatic rings. The number of carbonyl (C=O) groups excluding carboxylic acids is 1. The fourth-order valence-corrected chi connectivity index (χ4v) is 8.80. The first kappa shape index (κ1) is 68.8. The number of nitrogens with one attached hydrogen (secondary N) is 1. The molecule has 2 unspecified atom stereocenters. The second kappa shape index (κ2) is 62.1. The Bertz CT molecular complexity index is 1410. The smallest absolute Gasteiger partial charge is 0.220 e. The van der Waals surface area contributed by atoms with Gasteiger partial charge in [-0.25, -0.2) is 0 Å². The van der Waals surface area contributed by atoms with Crippen LogP contribution in [0.1, 0.15) is 284 Å². The van der Waals surface area contributed by atoms with E-state index in [0.717, 1.165) is 83.5 Å². The topological polar surface area (TPSA) is 69.6 Å². The molecule has 3 N–H and O–H groups in total. The minimum Gasteiger partial charge on any atom is -0.394 e. The number of hydrogen-bond acceptors (Lipinski definition) is 3. The van der Waals surface area contributed by atoms with Gasteiger partial charge in [-0.05, 0) is 96.3 Å². The molecule has 0 radical (unpaired) electrons. The average molecular weight is 997 g/mol. The molecule has 0 aliphatic carbocycles. The van der Waals surface area contributed by atoms with Crippen LogP contribution in [0, 0.1) is 0 Å². The summed E-state index contributed by atoms with van der Waals surface area (Å²) in [5, 5.41) is 23.2. The van der Waals surface area contributed by atoms with Crippen molar-refractivity contribution in [2.45, 2.75) is 296 Å². The standard InChI is InChI=1S/C68H117NO3/c1-3-5-7-9-11-13-15-17-19-21-23-25-26-27-28-29-30-31-32-33-34-35-36-37-38-39-40-41-42-44-46-48-50-52-54-56-58-60-62-64-68(72)69-66(65-70)67(71)63-61-59-57-55-53-51-49-47-45-43-24-22-20-18-16-14-12-10-8-6-4-2/h5,7,11,13,17,19,23,25,27-28,30-31,33-34,36-37,53,55,61,63,66-67,70-71H,3-4,6,8-10,12,14-16,18,20-22,24,26,29,32,35,38-52,54,56-60,62,64-65H2,1-2H3,(H,69,72)/b7-5-,13-11-,19-17-,25-23-,28-27-,31-30-,34-33-,37-36-,55-53+,63-61+. The summed E-state index contributed by atoms with van der Waals surface area (Å²) in [7, 11) is 0. The summed E-state index contributed by atoms with van der Waals surface area (Å²) < 4.78 is 0. The van der Waals surface area contributed by atoms with Crippen LogP contribution in [0.15, 0.2) is 122 Å². The van der Waals surface area contributed by atoms with Gasteiger partial charge in [-0.15, -0.1) is 0 Å². The van der Waals surface area contributed by atoms with Crippen LogP contribution in [0.25, 0.3) is 0 Å². The zero-order valence-corrected chi connectivity index (χ0v) is 47.4. The molecule has 0 aromatic heterocycles. The van der Waals surface area contributed by atoms with Crippen LogP contribution < -0.4 is 5.32 Å². The number of amides is 1. The Morgan fingerprint density at radius 1 is 0.347 bits per heavy atom. The Hall–Kier alpha value is -3.21. The number of hydrogen-bond donors (Lipinski definition) is 3. The van der Waals surface area contributed by atoms with Gasteiger partial charge in [0.1, 0.15) is 0 Å². The summed E-state index contributed by atoms with van der Waals surface area (Å²) in [6.45, 7) is 4.19. The van der Waals surface area contributed by atoms with E-state index in [2.05, 4.69) is 129 Å². The van der Waals surface area contributed by atoms with Crippen molar-refractivity contribution in [2.75, 3.05) is 6.61 Å². The van der Waals surface area contributed by atoms with E-state index < -0.39 is 12.1 Å². The van der Waals surface area contributed by atoms with Crippen molar-refractivity contribution in [3.8, 4) is 0 Å². The molecule has 4 nitrogen and oxygen atoms in total. The first-order valence-electron chi connectivity index (χ1n) is 30.7. The SMILES string of the molecule is CC/C=C\C/C=C\C/C=C\C/C=C\C/C=C\C/C=C\C/C=C\C/C=C\CCCCCCCCCCCCCCCCC(=O)NC(CO)C(O)/C=C/CC/C=C/CCCCCCCCCCCCCCCCC. The third kappa shape index (κ3) is 57.7. The van der Waals surface area contributed by atoms with Gasteiger partial charge in [-0.3, -0.25) is 4.79 Å². The highest BCUT2D eigenvalue weighted by molar-refractivity contribution is 5.76. The molecule has 72 heavy (non-hydrogen) atoms. The van der Waals surface area contributed by atoms with E-state index in [1.807, 2.05) is 6.08 Å². The second-order valence-corrected chi connectivity index (χ2v) is 20.4. The van der Waals surface area contributed by atoms with Crippen LogP contribution in [0.4, 0.5) is 0 Å². The predicted molar refractivity (Wildman–Crippen MR) is 322 cm³/mol. The van der Waals surface area contributed by atoms with E-state index in [1.54, 1.807) is 6.08 Å². The third-order valence-electron chi connectivity index (χ3n) is 13.4. The van der Waals surface area contributed by atoms with Crippen molar-refractivity contribution >= 4 is 5.91 Å². The summed E-state index contributed by atoms with van der Waals surface area (Å²) in [4.78, 5) is 12.5. The molecule has 0 spiro atoms. The van der Waals surface area contributed by atoms with Gasteiger partial charge in [0.05, 0.1) is 18.8 Å². The van der Waals surface area contributed by atoms with E-state index in [0.29, 0.717) is 6.42 Å².